The van der Waals surface area contributed by atoms with Crippen LogP contribution in [0.5, 0.6) is 0 Å². The second-order valence-electron chi connectivity index (χ2n) is 11.0. The molecule has 1 spiro atoms. The molecule has 2 heterocycles. The van der Waals surface area contributed by atoms with E-state index in [4.69, 9.17) is 27.9 Å². The molecule has 40 heavy (non-hydrogen) atoms. The second-order valence-corrected chi connectivity index (χ2v) is 12.4. The molecule has 0 N–H and O–H groups in total. The third-order valence-corrected chi connectivity index (χ3v) is 8.33. The van der Waals surface area contributed by atoms with Gasteiger partial charge >= 0.3 is 6.09 Å². The Kier molecular flexibility index (Phi) is 7.48. The molecular weight excluding hydrogens is 622 g/mol. The van der Waals surface area contributed by atoms with Gasteiger partial charge in [-0.25, -0.2) is 14.1 Å². The van der Waals surface area contributed by atoms with Gasteiger partial charge in [0.25, 0.3) is 0 Å². The zero-order valence-corrected chi connectivity index (χ0v) is 25.1. The summed E-state index contributed by atoms with van der Waals surface area (Å²) >= 11 is 16.1. The molecule has 6 nitrogen and oxygen atoms in total. The number of imide groups is 1. The highest BCUT2D eigenvalue weighted by molar-refractivity contribution is 9.08. The number of fused-ring (bicyclic) bond motifs is 2. The maximum absolute atomic E-state index is 14.7. The summed E-state index contributed by atoms with van der Waals surface area (Å²) in [5.41, 5.74) is 0.201. The zero-order valence-electron chi connectivity index (χ0n) is 22.0. The fourth-order valence-corrected chi connectivity index (χ4v) is 6.46. The van der Waals surface area contributed by atoms with Crippen molar-refractivity contribution in [2.45, 2.75) is 49.5 Å². The van der Waals surface area contributed by atoms with Gasteiger partial charge in [0.05, 0.1) is 11.4 Å². The smallest absolute Gasteiger partial charge is 0.421 e. The Bertz CT molecular complexity index is 1540. The number of benzene rings is 3. The summed E-state index contributed by atoms with van der Waals surface area (Å²) in [5, 5.41) is 1.13. The number of hydrogen-bond donors (Lipinski definition) is 0. The van der Waals surface area contributed by atoms with Gasteiger partial charge in [0.15, 0.2) is 0 Å². The number of carbonyl (C=O) groups is 3. The number of rotatable bonds is 3. The molecule has 0 aromatic heterocycles. The van der Waals surface area contributed by atoms with Crippen LogP contribution < -0.4 is 9.80 Å². The van der Waals surface area contributed by atoms with E-state index in [0.717, 1.165) is 4.90 Å². The lowest BCUT2D eigenvalue weighted by molar-refractivity contribution is -0.127. The summed E-state index contributed by atoms with van der Waals surface area (Å²) in [7, 11) is 0. The van der Waals surface area contributed by atoms with Crippen molar-refractivity contribution in [2.24, 2.45) is 0 Å². The maximum atomic E-state index is 14.7. The zero-order chi connectivity index (χ0) is 29.0. The number of halogens is 4. The predicted molar refractivity (Wildman–Crippen MR) is 157 cm³/mol. The van der Waals surface area contributed by atoms with Crippen LogP contribution in [0.25, 0.3) is 0 Å². The van der Waals surface area contributed by atoms with Crippen LogP contribution in [0.3, 0.4) is 0 Å². The van der Waals surface area contributed by atoms with Gasteiger partial charge in [-0.05, 0) is 73.9 Å². The molecule has 1 saturated heterocycles. The number of amides is 3. The maximum Gasteiger partial charge on any atom is 0.421 e. The first-order valence-electron chi connectivity index (χ1n) is 12.6. The van der Waals surface area contributed by atoms with Crippen LogP contribution in [-0.2, 0) is 25.1 Å². The standard InChI is InChI=1S/C30H26BrCl2FN2O4/c1-29(2,3)40-28(39)36-25-12-20(33)8-10-22(25)30(27(36)38)16-35(24-13-21(34)9-7-18(24)15-31)26(37)14-23(30)17-5-4-6-19(32)11-17/h4-13,23H,14-16H2,1-3H3. The van der Waals surface area contributed by atoms with Crippen molar-refractivity contribution in [3.63, 3.8) is 0 Å². The van der Waals surface area contributed by atoms with Crippen molar-refractivity contribution < 1.29 is 23.5 Å². The van der Waals surface area contributed by atoms with Crippen molar-refractivity contribution in [3.05, 3.63) is 93.2 Å². The summed E-state index contributed by atoms with van der Waals surface area (Å²) in [4.78, 5) is 44.4. The summed E-state index contributed by atoms with van der Waals surface area (Å²) in [6, 6.07) is 16.1. The second kappa shape index (κ2) is 10.5. The number of nitrogens with zero attached hydrogens (tertiary/aromatic N) is 2. The summed E-state index contributed by atoms with van der Waals surface area (Å²) in [6.07, 6.45) is -0.938. The van der Waals surface area contributed by atoms with Crippen LogP contribution in [0.4, 0.5) is 20.6 Å². The number of ether oxygens (including phenoxy) is 1. The first kappa shape index (κ1) is 28.6. The molecule has 10 heteroatoms. The molecule has 2 atom stereocenters. The molecule has 0 aliphatic carbocycles. The fraction of sp³-hybridized carbons (Fsp3) is 0.300. The van der Waals surface area contributed by atoms with Gasteiger partial charge in [-0.1, -0.05) is 63.4 Å². The summed E-state index contributed by atoms with van der Waals surface area (Å²) in [5.74, 6) is -2.05. The third kappa shape index (κ3) is 4.91. The van der Waals surface area contributed by atoms with Gasteiger partial charge in [-0.2, -0.15) is 0 Å². The number of hydrogen-bond acceptors (Lipinski definition) is 4. The van der Waals surface area contributed by atoms with Crippen LogP contribution in [-0.4, -0.2) is 30.1 Å². The van der Waals surface area contributed by atoms with Crippen LogP contribution in [0.1, 0.15) is 49.8 Å². The van der Waals surface area contributed by atoms with E-state index in [9.17, 15) is 18.8 Å². The van der Waals surface area contributed by atoms with E-state index in [1.165, 1.54) is 17.0 Å². The summed E-state index contributed by atoms with van der Waals surface area (Å²) in [6.45, 7) is 4.99. The number of piperidine rings is 1. The van der Waals surface area contributed by atoms with Crippen LogP contribution in [0.15, 0.2) is 60.7 Å². The summed E-state index contributed by atoms with van der Waals surface area (Å²) < 4.78 is 20.1. The number of anilines is 2. The Labute approximate surface area is 250 Å². The molecule has 0 radical (unpaired) electrons. The van der Waals surface area contributed by atoms with Crippen LogP contribution >= 0.6 is 39.1 Å². The van der Waals surface area contributed by atoms with E-state index < -0.39 is 34.8 Å². The number of carbonyl (C=O) groups excluding carboxylic acids is 3. The SMILES string of the molecule is CC(C)(C)OC(=O)N1C(=O)C2(CN(c3cc(F)ccc3CBr)C(=O)CC2c2cccc(Cl)c2)c2ccc(Cl)cc21. The predicted octanol–water partition coefficient (Wildman–Crippen LogP) is 7.77. The Hall–Kier alpha value is -2.94. The van der Waals surface area contributed by atoms with Crippen molar-refractivity contribution >= 4 is 68.4 Å². The molecule has 2 aliphatic rings. The molecule has 5 rings (SSSR count). The quantitative estimate of drug-likeness (QED) is 0.273. The minimum absolute atomic E-state index is 0.0887. The molecule has 2 unspecified atom stereocenters. The minimum atomic E-state index is -1.43. The van der Waals surface area contributed by atoms with Crippen LogP contribution in [0.2, 0.25) is 10.0 Å². The van der Waals surface area contributed by atoms with Crippen molar-refractivity contribution in [2.75, 3.05) is 16.3 Å². The highest BCUT2D eigenvalue weighted by Crippen LogP contribution is 2.55. The first-order valence-corrected chi connectivity index (χ1v) is 14.5. The molecule has 3 aromatic carbocycles. The Morgan fingerprint density at radius 2 is 1.77 bits per heavy atom. The Morgan fingerprint density at radius 3 is 2.45 bits per heavy atom. The molecule has 2 aliphatic heterocycles. The first-order chi connectivity index (χ1) is 18.9. The van der Waals surface area contributed by atoms with Gasteiger partial charge in [0, 0.05) is 34.3 Å². The lowest BCUT2D eigenvalue weighted by Crippen LogP contribution is -2.59. The van der Waals surface area contributed by atoms with E-state index in [1.54, 1.807) is 63.2 Å². The van der Waals surface area contributed by atoms with Gasteiger partial charge in [0.2, 0.25) is 11.8 Å². The largest absolute Gasteiger partial charge is 0.443 e. The van der Waals surface area contributed by atoms with Crippen molar-refractivity contribution in [3.8, 4) is 0 Å². The van der Waals surface area contributed by atoms with Crippen molar-refractivity contribution in [1.29, 1.82) is 0 Å². The Balaban J connectivity index is 1.76. The lowest BCUT2D eigenvalue weighted by Gasteiger charge is -2.45. The average Bonchev–Trinajstić information content (AvgIpc) is 3.11. The molecule has 208 valence electrons. The van der Waals surface area contributed by atoms with E-state index in [-0.39, 0.29) is 24.6 Å². The van der Waals surface area contributed by atoms with E-state index >= 15 is 0 Å². The van der Waals surface area contributed by atoms with Crippen LogP contribution in [0, 0.1) is 5.82 Å². The molecule has 1 fully saturated rings. The lowest BCUT2D eigenvalue weighted by atomic mass is 9.64. The molecule has 3 aromatic rings. The van der Waals surface area contributed by atoms with Crippen molar-refractivity contribution in [1.82, 2.24) is 0 Å². The van der Waals surface area contributed by atoms with E-state index in [2.05, 4.69) is 15.9 Å². The minimum Gasteiger partial charge on any atom is -0.443 e. The molecule has 0 bridgehead atoms. The molecule has 0 saturated carbocycles. The van der Waals surface area contributed by atoms with Gasteiger partial charge < -0.3 is 9.64 Å². The topological polar surface area (TPSA) is 66.9 Å². The molecular formula is C30H26BrCl2FN2O4. The molecule has 3 amide bonds. The van der Waals surface area contributed by atoms with E-state index in [1.807, 2.05) is 6.07 Å². The number of alkyl halides is 1. The third-order valence-electron chi connectivity index (χ3n) is 7.26. The normalized spacial score (nSPS) is 20.7. The fourth-order valence-electron chi connectivity index (χ4n) is 5.62. The highest BCUT2D eigenvalue weighted by atomic mass is 79.9. The average molecular weight is 648 g/mol. The van der Waals surface area contributed by atoms with Gasteiger partial charge in [0.1, 0.15) is 16.8 Å². The van der Waals surface area contributed by atoms with Gasteiger partial charge in [-0.15, -0.1) is 0 Å². The van der Waals surface area contributed by atoms with Gasteiger partial charge in [-0.3, -0.25) is 9.59 Å². The highest BCUT2D eigenvalue weighted by Gasteiger charge is 2.62. The van der Waals surface area contributed by atoms with E-state index in [0.29, 0.717) is 37.8 Å². The monoisotopic (exact) mass is 646 g/mol. The Morgan fingerprint density at radius 1 is 1.05 bits per heavy atom.